The van der Waals surface area contributed by atoms with E-state index in [0.29, 0.717) is 25.8 Å². The molecule has 0 aliphatic carbocycles. The summed E-state index contributed by atoms with van der Waals surface area (Å²) >= 11 is 0. The molecule has 0 radical (unpaired) electrons. The Morgan fingerprint density at radius 2 is 2.23 bits per heavy atom. The van der Waals surface area contributed by atoms with Gasteiger partial charge in [0, 0.05) is 19.1 Å². The standard InChI is InChI=1S/C17H27NO4/c1-13-10-22-14(2)8-18(13)9-16(19)12-21-11-15-5-4-6-17(7-15)20-3/h4-7,13-14,16,19H,8-12H2,1-3H3. The fourth-order valence-corrected chi connectivity index (χ4v) is 2.62. The predicted octanol–water partition coefficient (Wildman–Crippen LogP) is 1.68. The Balaban J connectivity index is 1.72. The van der Waals surface area contributed by atoms with Crippen molar-refractivity contribution in [1.82, 2.24) is 4.90 Å². The zero-order valence-electron chi connectivity index (χ0n) is 13.7. The summed E-state index contributed by atoms with van der Waals surface area (Å²) in [5.41, 5.74) is 1.04. The van der Waals surface area contributed by atoms with E-state index in [9.17, 15) is 5.11 Å². The van der Waals surface area contributed by atoms with Crippen molar-refractivity contribution in [2.24, 2.45) is 0 Å². The lowest BCUT2D eigenvalue weighted by Gasteiger charge is -2.37. The van der Waals surface area contributed by atoms with Gasteiger partial charge in [-0.05, 0) is 31.5 Å². The molecule has 2 rings (SSSR count). The number of aliphatic hydroxyl groups is 1. The number of hydrogen-bond donors (Lipinski definition) is 1. The second-order valence-corrected chi connectivity index (χ2v) is 5.97. The number of hydrogen-bond acceptors (Lipinski definition) is 5. The molecule has 3 unspecified atom stereocenters. The summed E-state index contributed by atoms with van der Waals surface area (Å²) in [5, 5.41) is 10.2. The zero-order valence-corrected chi connectivity index (χ0v) is 13.7. The first-order valence-corrected chi connectivity index (χ1v) is 7.83. The molecular weight excluding hydrogens is 282 g/mol. The third-order valence-corrected chi connectivity index (χ3v) is 3.90. The number of rotatable bonds is 7. The monoisotopic (exact) mass is 309 g/mol. The van der Waals surface area contributed by atoms with Crippen molar-refractivity contribution in [1.29, 1.82) is 0 Å². The molecule has 1 aromatic rings. The van der Waals surface area contributed by atoms with Crippen molar-refractivity contribution in [3.05, 3.63) is 29.8 Å². The van der Waals surface area contributed by atoms with Crippen LogP contribution in [-0.2, 0) is 16.1 Å². The quantitative estimate of drug-likeness (QED) is 0.830. The van der Waals surface area contributed by atoms with Gasteiger partial charge in [-0.3, -0.25) is 4.90 Å². The van der Waals surface area contributed by atoms with Gasteiger partial charge >= 0.3 is 0 Å². The number of β-amino-alcohol motifs (C(OH)–C–C–N with tert-alkyl or cyclic N) is 1. The van der Waals surface area contributed by atoms with Gasteiger partial charge in [-0.2, -0.15) is 0 Å². The normalized spacial score (nSPS) is 24.2. The molecule has 0 spiro atoms. The summed E-state index contributed by atoms with van der Waals surface area (Å²) in [6.07, 6.45) is -0.264. The molecule has 1 heterocycles. The number of morpholine rings is 1. The van der Waals surface area contributed by atoms with E-state index in [1.54, 1.807) is 7.11 Å². The van der Waals surface area contributed by atoms with E-state index >= 15 is 0 Å². The van der Waals surface area contributed by atoms with Gasteiger partial charge in [0.2, 0.25) is 0 Å². The van der Waals surface area contributed by atoms with Crippen LogP contribution in [0, 0.1) is 0 Å². The smallest absolute Gasteiger partial charge is 0.119 e. The fraction of sp³-hybridized carbons (Fsp3) is 0.647. The first-order valence-electron chi connectivity index (χ1n) is 7.83. The molecule has 1 fully saturated rings. The molecule has 5 heteroatoms. The minimum absolute atomic E-state index is 0.223. The summed E-state index contributed by atoms with van der Waals surface area (Å²) in [6.45, 7) is 7.18. The van der Waals surface area contributed by atoms with Gasteiger partial charge in [0.25, 0.3) is 0 Å². The summed E-state index contributed by atoms with van der Waals surface area (Å²) in [5.74, 6) is 0.817. The van der Waals surface area contributed by atoms with E-state index in [4.69, 9.17) is 14.2 Å². The Hall–Kier alpha value is -1.14. The number of ether oxygens (including phenoxy) is 3. The Bertz CT molecular complexity index is 454. The first-order chi connectivity index (χ1) is 10.6. The summed E-state index contributed by atoms with van der Waals surface area (Å²) in [7, 11) is 1.65. The molecule has 124 valence electrons. The second-order valence-electron chi connectivity index (χ2n) is 5.97. The van der Waals surface area contributed by atoms with Gasteiger partial charge in [0.15, 0.2) is 0 Å². The van der Waals surface area contributed by atoms with Crippen LogP contribution in [0.1, 0.15) is 19.4 Å². The summed E-state index contributed by atoms with van der Waals surface area (Å²) < 4.78 is 16.4. The van der Waals surface area contributed by atoms with Gasteiger partial charge in [0.05, 0.1) is 39.1 Å². The largest absolute Gasteiger partial charge is 0.497 e. The minimum Gasteiger partial charge on any atom is -0.497 e. The van der Waals surface area contributed by atoms with Crippen molar-refractivity contribution in [2.45, 2.75) is 38.7 Å². The van der Waals surface area contributed by atoms with E-state index in [2.05, 4.69) is 18.7 Å². The lowest BCUT2D eigenvalue weighted by atomic mass is 10.2. The van der Waals surface area contributed by atoms with E-state index in [0.717, 1.165) is 24.5 Å². The van der Waals surface area contributed by atoms with Crippen LogP contribution in [0.15, 0.2) is 24.3 Å². The van der Waals surface area contributed by atoms with E-state index in [-0.39, 0.29) is 6.10 Å². The highest BCUT2D eigenvalue weighted by Gasteiger charge is 2.25. The number of benzene rings is 1. The van der Waals surface area contributed by atoms with Crippen LogP contribution in [0.5, 0.6) is 5.75 Å². The molecule has 1 aliphatic rings. The predicted molar refractivity (Wildman–Crippen MR) is 85.1 cm³/mol. The summed E-state index contributed by atoms with van der Waals surface area (Å²) in [6, 6.07) is 8.10. The molecule has 1 aromatic carbocycles. The van der Waals surface area contributed by atoms with Gasteiger partial charge in [-0.25, -0.2) is 0 Å². The Morgan fingerprint density at radius 1 is 1.41 bits per heavy atom. The van der Waals surface area contributed by atoms with E-state index < -0.39 is 6.10 Å². The van der Waals surface area contributed by atoms with E-state index in [1.807, 2.05) is 24.3 Å². The summed E-state index contributed by atoms with van der Waals surface area (Å²) in [4.78, 5) is 2.26. The Morgan fingerprint density at radius 3 is 3.00 bits per heavy atom. The topological polar surface area (TPSA) is 51.2 Å². The molecular formula is C17H27NO4. The molecule has 0 amide bonds. The van der Waals surface area contributed by atoms with Gasteiger partial charge in [-0.15, -0.1) is 0 Å². The van der Waals surface area contributed by atoms with Crippen LogP contribution < -0.4 is 4.74 Å². The second kappa shape index (κ2) is 8.48. The number of methoxy groups -OCH3 is 1. The lowest BCUT2D eigenvalue weighted by molar-refractivity contribution is -0.0712. The highest BCUT2D eigenvalue weighted by Crippen LogP contribution is 2.14. The molecule has 0 bridgehead atoms. The minimum atomic E-state index is -0.488. The van der Waals surface area contributed by atoms with Gasteiger partial charge in [0.1, 0.15) is 5.75 Å². The SMILES string of the molecule is COc1cccc(COCC(O)CN2CC(C)OCC2C)c1. The van der Waals surface area contributed by atoms with Gasteiger partial charge in [-0.1, -0.05) is 12.1 Å². The zero-order chi connectivity index (χ0) is 15.9. The van der Waals surface area contributed by atoms with Crippen molar-refractivity contribution in [3.63, 3.8) is 0 Å². The average molecular weight is 309 g/mol. The molecule has 1 aliphatic heterocycles. The van der Waals surface area contributed by atoms with Crippen LogP contribution in [0.4, 0.5) is 0 Å². The fourth-order valence-electron chi connectivity index (χ4n) is 2.62. The van der Waals surface area contributed by atoms with Crippen LogP contribution >= 0.6 is 0 Å². The molecule has 1 saturated heterocycles. The number of aliphatic hydroxyl groups excluding tert-OH is 1. The molecule has 22 heavy (non-hydrogen) atoms. The van der Waals surface area contributed by atoms with Crippen molar-refractivity contribution in [2.75, 3.05) is 33.4 Å². The first kappa shape index (κ1) is 17.2. The van der Waals surface area contributed by atoms with Crippen LogP contribution in [0.3, 0.4) is 0 Å². The third kappa shape index (κ3) is 5.25. The third-order valence-electron chi connectivity index (χ3n) is 3.90. The maximum atomic E-state index is 10.2. The lowest BCUT2D eigenvalue weighted by Crippen LogP contribution is -2.50. The van der Waals surface area contributed by atoms with Crippen LogP contribution in [-0.4, -0.2) is 61.7 Å². The average Bonchev–Trinajstić information content (AvgIpc) is 2.51. The van der Waals surface area contributed by atoms with Crippen molar-refractivity contribution >= 4 is 0 Å². The van der Waals surface area contributed by atoms with Crippen molar-refractivity contribution in [3.8, 4) is 5.75 Å². The maximum absolute atomic E-state index is 10.2. The van der Waals surface area contributed by atoms with Crippen LogP contribution in [0.25, 0.3) is 0 Å². The maximum Gasteiger partial charge on any atom is 0.119 e. The van der Waals surface area contributed by atoms with Crippen molar-refractivity contribution < 1.29 is 19.3 Å². The molecule has 1 N–H and O–H groups in total. The molecule has 5 nitrogen and oxygen atoms in total. The van der Waals surface area contributed by atoms with Gasteiger partial charge < -0.3 is 19.3 Å². The Kier molecular flexibility index (Phi) is 6.64. The van der Waals surface area contributed by atoms with Crippen LogP contribution in [0.2, 0.25) is 0 Å². The molecule has 0 saturated carbocycles. The highest BCUT2D eigenvalue weighted by atomic mass is 16.5. The Labute approximate surface area is 132 Å². The highest BCUT2D eigenvalue weighted by molar-refractivity contribution is 5.27. The molecule has 0 aromatic heterocycles. The van der Waals surface area contributed by atoms with E-state index in [1.165, 1.54) is 0 Å². The molecule has 3 atom stereocenters. The number of nitrogens with zero attached hydrogens (tertiary/aromatic N) is 1.